The molecule has 0 aliphatic heterocycles. The lowest BCUT2D eigenvalue weighted by molar-refractivity contribution is 0.344. The third-order valence-corrected chi connectivity index (χ3v) is 3.41. The zero-order valence-electron chi connectivity index (χ0n) is 10.1. The SMILES string of the molecule is Nc1cc(F)c(SCCOc2ccccc2)c(F)c1. The van der Waals surface area contributed by atoms with E-state index < -0.39 is 11.6 Å². The lowest BCUT2D eigenvalue weighted by Gasteiger charge is -2.07. The molecule has 0 aromatic heterocycles. The number of hydrogen-bond donors (Lipinski definition) is 1. The Morgan fingerprint density at radius 2 is 1.68 bits per heavy atom. The first-order valence-corrected chi connectivity index (χ1v) is 6.70. The normalized spacial score (nSPS) is 10.4. The number of para-hydroxylation sites is 1. The second-order valence-corrected chi connectivity index (χ2v) is 4.93. The standard InChI is InChI=1S/C14H13F2NOS/c15-12-8-10(17)9-13(16)14(12)19-7-6-18-11-4-2-1-3-5-11/h1-5,8-9H,6-7,17H2. The van der Waals surface area contributed by atoms with Gasteiger partial charge >= 0.3 is 0 Å². The molecule has 0 unspecified atom stereocenters. The maximum absolute atomic E-state index is 13.5. The maximum atomic E-state index is 13.5. The van der Waals surface area contributed by atoms with Crippen LogP contribution in [0.4, 0.5) is 14.5 Å². The fraction of sp³-hybridized carbons (Fsp3) is 0.143. The van der Waals surface area contributed by atoms with Crippen LogP contribution in [0.15, 0.2) is 47.4 Å². The van der Waals surface area contributed by atoms with Crippen LogP contribution in [0.1, 0.15) is 0 Å². The summed E-state index contributed by atoms with van der Waals surface area (Å²) in [6.07, 6.45) is 0. The Labute approximate surface area is 114 Å². The highest BCUT2D eigenvalue weighted by molar-refractivity contribution is 7.99. The van der Waals surface area contributed by atoms with Crippen molar-refractivity contribution in [2.75, 3.05) is 18.1 Å². The highest BCUT2D eigenvalue weighted by Gasteiger charge is 2.10. The molecule has 0 atom stereocenters. The Balaban J connectivity index is 1.86. The van der Waals surface area contributed by atoms with E-state index in [2.05, 4.69) is 0 Å². The fourth-order valence-corrected chi connectivity index (χ4v) is 2.30. The lowest BCUT2D eigenvalue weighted by atomic mass is 10.3. The molecule has 2 N–H and O–H groups in total. The van der Waals surface area contributed by atoms with Crippen molar-refractivity contribution in [3.8, 4) is 5.75 Å². The van der Waals surface area contributed by atoms with Crippen LogP contribution in [0, 0.1) is 11.6 Å². The molecule has 0 aliphatic carbocycles. The topological polar surface area (TPSA) is 35.2 Å². The van der Waals surface area contributed by atoms with Crippen LogP contribution in [0.3, 0.4) is 0 Å². The Bertz CT molecular complexity index is 525. The van der Waals surface area contributed by atoms with E-state index in [1.54, 1.807) is 0 Å². The summed E-state index contributed by atoms with van der Waals surface area (Å²) < 4.78 is 32.4. The number of anilines is 1. The van der Waals surface area contributed by atoms with Gasteiger partial charge in [-0.25, -0.2) is 8.78 Å². The molecule has 2 aromatic rings. The molecule has 0 fully saturated rings. The average Bonchev–Trinajstić information content (AvgIpc) is 2.38. The molecule has 2 aromatic carbocycles. The van der Waals surface area contributed by atoms with Gasteiger partial charge in [0.25, 0.3) is 0 Å². The Morgan fingerprint density at radius 3 is 2.32 bits per heavy atom. The molecule has 0 radical (unpaired) electrons. The molecule has 2 nitrogen and oxygen atoms in total. The van der Waals surface area contributed by atoms with E-state index in [1.807, 2.05) is 30.3 Å². The van der Waals surface area contributed by atoms with E-state index in [4.69, 9.17) is 10.5 Å². The first kappa shape index (κ1) is 13.7. The summed E-state index contributed by atoms with van der Waals surface area (Å²) in [5.74, 6) is -0.0853. The summed E-state index contributed by atoms with van der Waals surface area (Å²) in [6, 6.07) is 11.5. The van der Waals surface area contributed by atoms with E-state index in [1.165, 1.54) is 0 Å². The molecule has 5 heteroatoms. The number of halogens is 2. The third kappa shape index (κ3) is 3.86. The van der Waals surface area contributed by atoms with Crippen LogP contribution in [-0.2, 0) is 0 Å². The molecular weight excluding hydrogens is 268 g/mol. The summed E-state index contributed by atoms with van der Waals surface area (Å²) in [5.41, 5.74) is 5.43. The summed E-state index contributed by atoms with van der Waals surface area (Å²) in [4.78, 5) is -0.0224. The van der Waals surface area contributed by atoms with E-state index >= 15 is 0 Å². The van der Waals surface area contributed by atoms with Gasteiger partial charge in [0, 0.05) is 11.4 Å². The second-order valence-electron chi connectivity index (χ2n) is 3.82. The van der Waals surface area contributed by atoms with Crippen LogP contribution in [0.2, 0.25) is 0 Å². The summed E-state index contributed by atoms with van der Waals surface area (Å²) in [5, 5.41) is 0. The molecule has 19 heavy (non-hydrogen) atoms. The second kappa shape index (κ2) is 6.43. The van der Waals surface area contributed by atoms with Gasteiger partial charge in [0.05, 0.1) is 11.5 Å². The number of nitrogen functional groups attached to an aromatic ring is 1. The van der Waals surface area contributed by atoms with Crippen molar-refractivity contribution >= 4 is 17.4 Å². The van der Waals surface area contributed by atoms with Crippen LogP contribution >= 0.6 is 11.8 Å². The van der Waals surface area contributed by atoms with Crippen molar-refractivity contribution in [2.24, 2.45) is 0 Å². The van der Waals surface area contributed by atoms with Crippen molar-refractivity contribution in [1.82, 2.24) is 0 Å². The van der Waals surface area contributed by atoms with Crippen molar-refractivity contribution in [3.63, 3.8) is 0 Å². The minimum atomic E-state index is -0.637. The molecule has 0 saturated carbocycles. The van der Waals surface area contributed by atoms with Gasteiger partial charge in [-0.05, 0) is 24.3 Å². The molecule has 0 amide bonds. The van der Waals surface area contributed by atoms with Crippen LogP contribution in [-0.4, -0.2) is 12.4 Å². The van der Waals surface area contributed by atoms with Gasteiger partial charge in [-0.2, -0.15) is 0 Å². The van der Waals surface area contributed by atoms with Gasteiger partial charge in [0.15, 0.2) is 0 Å². The van der Waals surface area contributed by atoms with Crippen molar-refractivity contribution in [1.29, 1.82) is 0 Å². The Morgan fingerprint density at radius 1 is 1.05 bits per heavy atom. The van der Waals surface area contributed by atoms with Gasteiger partial charge in [-0.3, -0.25) is 0 Å². The molecule has 0 spiro atoms. The Hall–Kier alpha value is -1.75. The molecular formula is C14H13F2NOS. The van der Waals surface area contributed by atoms with Gasteiger partial charge in [0.1, 0.15) is 17.4 Å². The van der Waals surface area contributed by atoms with E-state index in [-0.39, 0.29) is 10.6 Å². The maximum Gasteiger partial charge on any atom is 0.141 e. The molecule has 2 rings (SSSR count). The number of hydrogen-bond acceptors (Lipinski definition) is 3. The van der Waals surface area contributed by atoms with Gasteiger partial charge in [-0.1, -0.05) is 18.2 Å². The predicted octanol–water partition coefficient (Wildman–Crippen LogP) is 3.72. The van der Waals surface area contributed by atoms with Crippen LogP contribution in [0.5, 0.6) is 5.75 Å². The quantitative estimate of drug-likeness (QED) is 0.515. The van der Waals surface area contributed by atoms with E-state index in [0.29, 0.717) is 12.4 Å². The van der Waals surface area contributed by atoms with Gasteiger partial charge in [-0.15, -0.1) is 11.8 Å². The highest BCUT2D eigenvalue weighted by Crippen LogP contribution is 2.27. The molecule has 100 valence electrons. The smallest absolute Gasteiger partial charge is 0.141 e. The molecule has 0 heterocycles. The van der Waals surface area contributed by atoms with Crippen molar-refractivity contribution in [3.05, 3.63) is 54.1 Å². The van der Waals surface area contributed by atoms with Crippen LogP contribution < -0.4 is 10.5 Å². The zero-order valence-corrected chi connectivity index (χ0v) is 10.9. The summed E-state index contributed by atoms with van der Waals surface area (Å²) >= 11 is 1.07. The minimum absolute atomic E-state index is 0.0224. The van der Waals surface area contributed by atoms with E-state index in [9.17, 15) is 8.78 Å². The first-order valence-electron chi connectivity index (χ1n) is 5.72. The first-order chi connectivity index (χ1) is 9.16. The number of rotatable bonds is 5. The highest BCUT2D eigenvalue weighted by atomic mass is 32.2. The van der Waals surface area contributed by atoms with Crippen LogP contribution in [0.25, 0.3) is 0 Å². The largest absolute Gasteiger partial charge is 0.493 e. The lowest BCUT2D eigenvalue weighted by Crippen LogP contribution is -2.01. The fourth-order valence-electron chi connectivity index (χ4n) is 1.54. The summed E-state index contributed by atoms with van der Waals surface area (Å²) in [6.45, 7) is 0.373. The van der Waals surface area contributed by atoms with E-state index in [0.717, 1.165) is 29.6 Å². The van der Waals surface area contributed by atoms with Gasteiger partial charge in [0.2, 0.25) is 0 Å². The minimum Gasteiger partial charge on any atom is -0.493 e. The molecule has 0 bridgehead atoms. The predicted molar refractivity (Wildman–Crippen MR) is 73.4 cm³/mol. The third-order valence-electron chi connectivity index (χ3n) is 2.36. The monoisotopic (exact) mass is 281 g/mol. The summed E-state index contributed by atoms with van der Waals surface area (Å²) in [7, 11) is 0. The zero-order chi connectivity index (χ0) is 13.7. The van der Waals surface area contributed by atoms with Crippen molar-refractivity contribution in [2.45, 2.75) is 4.90 Å². The number of ether oxygens (including phenoxy) is 1. The average molecular weight is 281 g/mol. The number of thioether (sulfide) groups is 1. The number of benzene rings is 2. The molecule has 0 aliphatic rings. The van der Waals surface area contributed by atoms with Gasteiger partial charge < -0.3 is 10.5 Å². The Kier molecular flexibility index (Phi) is 4.63. The van der Waals surface area contributed by atoms with Crippen molar-refractivity contribution < 1.29 is 13.5 Å². The molecule has 0 saturated heterocycles. The number of nitrogens with two attached hydrogens (primary N) is 1.